The van der Waals surface area contributed by atoms with Gasteiger partial charge in [0, 0.05) is 15.0 Å². The molecule has 2 rings (SSSR count). The molecule has 1 aromatic carbocycles. The highest BCUT2D eigenvalue weighted by Gasteiger charge is 2.41. The van der Waals surface area contributed by atoms with E-state index in [4.69, 9.17) is 0 Å². The van der Waals surface area contributed by atoms with Crippen LogP contribution in [0.25, 0.3) is 0 Å². The number of rotatable bonds is 2. The summed E-state index contributed by atoms with van der Waals surface area (Å²) in [6, 6.07) is 5.04. The number of nitrogens with one attached hydrogen (secondary N) is 1. The molecule has 7 heteroatoms. The van der Waals surface area contributed by atoms with Crippen molar-refractivity contribution < 1.29 is 18.0 Å². The standard InChI is InChI=1S/C14H14Br2F3NO/c15-9-3-6-12(16)11(7-9)13(21)20-10-4-1-8(2-5-10)14(17,18)19/h3,6-8,10H,1-2,4-5H2,(H,20,21). The molecule has 1 fully saturated rings. The SMILES string of the molecule is O=C(NC1CCC(C(F)(F)F)CC1)c1cc(Br)ccc1Br. The first-order valence-corrected chi connectivity index (χ1v) is 8.18. The zero-order valence-electron chi connectivity index (χ0n) is 11.0. The summed E-state index contributed by atoms with van der Waals surface area (Å²) in [5, 5.41) is 2.82. The van der Waals surface area contributed by atoms with E-state index < -0.39 is 12.1 Å². The summed E-state index contributed by atoms with van der Waals surface area (Å²) in [4.78, 5) is 12.2. The highest BCUT2D eigenvalue weighted by molar-refractivity contribution is 9.11. The third kappa shape index (κ3) is 4.45. The van der Waals surface area contributed by atoms with Crippen molar-refractivity contribution in [3.63, 3.8) is 0 Å². The lowest BCUT2D eigenvalue weighted by Crippen LogP contribution is -2.40. The Labute approximate surface area is 137 Å². The Morgan fingerprint density at radius 2 is 1.76 bits per heavy atom. The normalized spacial score (nSPS) is 22.9. The first kappa shape index (κ1) is 16.8. The Balaban J connectivity index is 1.94. The number of alkyl halides is 3. The average molecular weight is 429 g/mol. The smallest absolute Gasteiger partial charge is 0.349 e. The van der Waals surface area contributed by atoms with Crippen LogP contribution >= 0.6 is 31.9 Å². The molecule has 1 amide bonds. The molecule has 0 atom stereocenters. The number of halogens is 5. The monoisotopic (exact) mass is 427 g/mol. The van der Waals surface area contributed by atoms with Crippen LogP contribution in [0.5, 0.6) is 0 Å². The van der Waals surface area contributed by atoms with E-state index in [1.807, 2.05) is 0 Å². The Bertz CT molecular complexity index is 525. The molecular weight excluding hydrogens is 415 g/mol. The van der Waals surface area contributed by atoms with E-state index in [9.17, 15) is 18.0 Å². The van der Waals surface area contributed by atoms with Crippen molar-refractivity contribution in [2.24, 2.45) is 5.92 Å². The Hall–Kier alpha value is -0.560. The van der Waals surface area contributed by atoms with Crippen LogP contribution in [0.15, 0.2) is 27.1 Å². The van der Waals surface area contributed by atoms with Gasteiger partial charge in [0.05, 0.1) is 11.5 Å². The molecule has 21 heavy (non-hydrogen) atoms. The molecule has 0 bridgehead atoms. The van der Waals surface area contributed by atoms with Crippen LogP contribution in [-0.2, 0) is 0 Å². The van der Waals surface area contributed by atoms with E-state index in [0.717, 1.165) is 4.47 Å². The zero-order chi connectivity index (χ0) is 15.6. The van der Waals surface area contributed by atoms with Crippen molar-refractivity contribution in [3.05, 3.63) is 32.7 Å². The summed E-state index contributed by atoms with van der Waals surface area (Å²) in [6.45, 7) is 0. The van der Waals surface area contributed by atoms with E-state index in [1.165, 1.54) is 0 Å². The Morgan fingerprint density at radius 3 is 2.33 bits per heavy atom. The molecule has 1 aromatic rings. The maximum Gasteiger partial charge on any atom is 0.391 e. The molecule has 1 aliphatic rings. The molecule has 0 heterocycles. The summed E-state index contributed by atoms with van der Waals surface area (Å²) in [5.41, 5.74) is 0.474. The number of benzene rings is 1. The van der Waals surface area contributed by atoms with Gasteiger partial charge >= 0.3 is 6.18 Å². The van der Waals surface area contributed by atoms with Crippen molar-refractivity contribution in [2.45, 2.75) is 37.9 Å². The fraction of sp³-hybridized carbons (Fsp3) is 0.500. The second kappa shape index (κ2) is 6.69. The van der Waals surface area contributed by atoms with Crippen molar-refractivity contribution in [1.29, 1.82) is 0 Å². The van der Waals surface area contributed by atoms with E-state index in [0.29, 0.717) is 22.9 Å². The number of hydrogen-bond donors (Lipinski definition) is 1. The predicted octanol–water partition coefficient (Wildman–Crippen LogP) is 5.06. The van der Waals surface area contributed by atoms with Gasteiger partial charge in [-0.1, -0.05) is 15.9 Å². The first-order chi connectivity index (χ1) is 9.77. The second-order valence-corrected chi connectivity index (χ2v) is 6.96. The largest absolute Gasteiger partial charge is 0.391 e. The third-order valence-corrected chi connectivity index (χ3v) is 4.88. The van der Waals surface area contributed by atoms with E-state index >= 15 is 0 Å². The van der Waals surface area contributed by atoms with Crippen molar-refractivity contribution in [1.82, 2.24) is 5.32 Å². The van der Waals surface area contributed by atoms with Crippen molar-refractivity contribution >= 4 is 37.8 Å². The van der Waals surface area contributed by atoms with Crippen LogP contribution in [0, 0.1) is 5.92 Å². The van der Waals surface area contributed by atoms with E-state index in [2.05, 4.69) is 37.2 Å². The Morgan fingerprint density at radius 1 is 1.14 bits per heavy atom. The van der Waals surface area contributed by atoms with Crippen LogP contribution in [0.4, 0.5) is 13.2 Å². The molecule has 0 spiro atoms. The van der Waals surface area contributed by atoms with E-state index in [-0.39, 0.29) is 24.8 Å². The molecule has 116 valence electrons. The number of carbonyl (C=O) groups excluding carboxylic acids is 1. The fourth-order valence-corrected chi connectivity index (χ4v) is 3.29. The lowest BCUT2D eigenvalue weighted by Gasteiger charge is -2.30. The van der Waals surface area contributed by atoms with Gasteiger partial charge in [0.25, 0.3) is 5.91 Å². The van der Waals surface area contributed by atoms with Gasteiger partial charge in [-0.25, -0.2) is 0 Å². The lowest BCUT2D eigenvalue weighted by atomic mass is 9.85. The maximum atomic E-state index is 12.6. The summed E-state index contributed by atoms with van der Waals surface area (Å²) in [5.74, 6) is -1.50. The minimum absolute atomic E-state index is 0.0775. The van der Waals surface area contributed by atoms with E-state index in [1.54, 1.807) is 18.2 Å². The molecule has 2 nitrogen and oxygen atoms in total. The summed E-state index contributed by atoms with van der Waals surface area (Å²) in [7, 11) is 0. The molecule has 0 unspecified atom stereocenters. The van der Waals surface area contributed by atoms with Crippen LogP contribution < -0.4 is 5.32 Å². The lowest BCUT2D eigenvalue weighted by molar-refractivity contribution is -0.182. The van der Waals surface area contributed by atoms with Gasteiger partial charge in [-0.15, -0.1) is 0 Å². The Kier molecular flexibility index (Phi) is 5.35. The molecule has 0 aliphatic heterocycles. The number of carbonyl (C=O) groups is 1. The van der Waals surface area contributed by atoms with Crippen molar-refractivity contribution in [3.8, 4) is 0 Å². The number of amides is 1. The van der Waals surface area contributed by atoms with Gasteiger partial charge in [0.2, 0.25) is 0 Å². The average Bonchev–Trinajstić information content (AvgIpc) is 2.41. The summed E-state index contributed by atoms with van der Waals surface area (Å²) >= 11 is 6.59. The highest BCUT2D eigenvalue weighted by atomic mass is 79.9. The third-order valence-electron chi connectivity index (χ3n) is 3.70. The second-order valence-electron chi connectivity index (χ2n) is 5.19. The molecule has 0 radical (unpaired) electrons. The summed E-state index contributed by atoms with van der Waals surface area (Å²) in [6.07, 6.45) is -3.24. The van der Waals surface area contributed by atoms with Gasteiger partial charge in [0.1, 0.15) is 0 Å². The minimum Gasteiger partial charge on any atom is -0.349 e. The minimum atomic E-state index is -4.12. The van der Waals surface area contributed by atoms with Crippen LogP contribution in [-0.4, -0.2) is 18.1 Å². The van der Waals surface area contributed by atoms with Gasteiger partial charge in [-0.3, -0.25) is 4.79 Å². The topological polar surface area (TPSA) is 29.1 Å². The van der Waals surface area contributed by atoms with Gasteiger partial charge < -0.3 is 5.32 Å². The fourth-order valence-electron chi connectivity index (χ4n) is 2.50. The van der Waals surface area contributed by atoms with Gasteiger partial charge in [-0.2, -0.15) is 13.2 Å². The quantitative estimate of drug-likeness (QED) is 0.700. The van der Waals surface area contributed by atoms with Gasteiger partial charge in [-0.05, 0) is 59.8 Å². The maximum absolute atomic E-state index is 12.6. The zero-order valence-corrected chi connectivity index (χ0v) is 14.2. The molecule has 0 saturated heterocycles. The highest BCUT2D eigenvalue weighted by Crippen LogP contribution is 2.37. The number of hydrogen-bond acceptors (Lipinski definition) is 1. The van der Waals surface area contributed by atoms with Gasteiger partial charge in [0.15, 0.2) is 0 Å². The molecular formula is C14H14Br2F3NO. The van der Waals surface area contributed by atoms with Crippen LogP contribution in [0.3, 0.4) is 0 Å². The first-order valence-electron chi connectivity index (χ1n) is 6.60. The summed E-state index contributed by atoms with van der Waals surface area (Å²) < 4.78 is 39.2. The predicted molar refractivity (Wildman–Crippen MR) is 81.1 cm³/mol. The van der Waals surface area contributed by atoms with Crippen molar-refractivity contribution in [2.75, 3.05) is 0 Å². The van der Waals surface area contributed by atoms with Crippen LogP contribution in [0.2, 0.25) is 0 Å². The molecule has 0 aromatic heterocycles. The molecule has 1 N–H and O–H groups in total. The molecule has 1 saturated carbocycles. The molecule has 1 aliphatic carbocycles. The van der Waals surface area contributed by atoms with Crippen LogP contribution in [0.1, 0.15) is 36.0 Å².